The van der Waals surface area contributed by atoms with Crippen LogP contribution in [0.3, 0.4) is 0 Å². The van der Waals surface area contributed by atoms with Crippen LogP contribution in [0.2, 0.25) is 0 Å². The van der Waals surface area contributed by atoms with Crippen molar-refractivity contribution in [3.8, 4) is 0 Å². The molecule has 1 aliphatic carbocycles. The third kappa shape index (κ3) is 10.3. The minimum absolute atomic E-state index is 0.0109. The van der Waals surface area contributed by atoms with E-state index in [1.807, 2.05) is 32.9 Å². The van der Waals surface area contributed by atoms with Gasteiger partial charge in [0.2, 0.25) is 5.91 Å². The first-order valence-corrected chi connectivity index (χ1v) is 11.5. The molecule has 0 aliphatic heterocycles. The second-order valence-corrected chi connectivity index (χ2v) is 9.52. The van der Waals surface area contributed by atoms with Gasteiger partial charge in [-0.25, -0.2) is 0 Å². The molecule has 6 atom stereocenters. The molecule has 0 spiro atoms. The number of hydrogen-bond acceptors (Lipinski definition) is 8. The Morgan fingerprint density at radius 2 is 1.79 bits per heavy atom. The van der Waals surface area contributed by atoms with Crippen LogP contribution in [0.1, 0.15) is 47.0 Å². The average molecular weight is 485 g/mol. The molecule has 10 heteroatoms. The standard InChI is InChI=1S/C24H40N2O8/c1-15(21(30)25-13-14-34-23(32)16-9-7-6-8-10-16)26-22(31)20(33-5)19(29)18(28)17(27)11-12-24(2,3)4/h6-7,11-12,15-20,27-29H,8-10,13-14H2,1-5H3,(H,25,30)(H,26,31)/t15-,16?,17+,18-,19+,20+/m0/s1. The summed E-state index contributed by atoms with van der Waals surface area (Å²) in [5.41, 5.74) is -0.252. The highest BCUT2D eigenvalue weighted by molar-refractivity contribution is 5.89. The van der Waals surface area contributed by atoms with Gasteiger partial charge in [0, 0.05) is 7.11 Å². The summed E-state index contributed by atoms with van der Waals surface area (Å²) in [4.78, 5) is 36.7. The van der Waals surface area contributed by atoms with Crippen molar-refractivity contribution in [2.75, 3.05) is 20.3 Å². The van der Waals surface area contributed by atoms with Crippen LogP contribution in [-0.4, -0.2) is 83.8 Å². The first kappa shape index (κ1) is 29.8. The van der Waals surface area contributed by atoms with Crippen LogP contribution in [0.5, 0.6) is 0 Å². The lowest BCUT2D eigenvalue weighted by molar-refractivity contribution is -0.150. The highest BCUT2D eigenvalue weighted by Gasteiger charge is 2.36. The fourth-order valence-electron chi connectivity index (χ4n) is 3.25. The Balaban J connectivity index is 2.48. The van der Waals surface area contributed by atoms with Crippen LogP contribution in [0.25, 0.3) is 0 Å². The quantitative estimate of drug-likeness (QED) is 0.150. The summed E-state index contributed by atoms with van der Waals surface area (Å²) in [7, 11) is 1.17. The molecular weight excluding hydrogens is 444 g/mol. The zero-order valence-corrected chi connectivity index (χ0v) is 20.7. The Kier molecular flexibility index (Phi) is 12.4. The van der Waals surface area contributed by atoms with Crippen LogP contribution in [0.4, 0.5) is 0 Å². The molecule has 0 aromatic heterocycles. The van der Waals surface area contributed by atoms with Crippen molar-refractivity contribution in [1.29, 1.82) is 0 Å². The molecule has 2 amide bonds. The fourth-order valence-corrected chi connectivity index (χ4v) is 3.25. The van der Waals surface area contributed by atoms with Gasteiger partial charge >= 0.3 is 5.97 Å². The summed E-state index contributed by atoms with van der Waals surface area (Å²) in [6, 6.07) is -0.987. The average Bonchev–Trinajstić information content (AvgIpc) is 2.79. The van der Waals surface area contributed by atoms with Crippen LogP contribution < -0.4 is 10.6 Å². The summed E-state index contributed by atoms with van der Waals surface area (Å²) in [6.07, 6.45) is 2.86. The molecule has 0 aromatic carbocycles. The second-order valence-electron chi connectivity index (χ2n) is 9.52. The van der Waals surface area contributed by atoms with Crippen molar-refractivity contribution >= 4 is 17.8 Å². The monoisotopic (exact) mass is 484 g/mol. The van der Waals surface area contributed by atoms with Crippen molar-refractivity contribution in [2.45, 2.75) is 77.4 Å². The van der Waals surface area contributed by atoms with E-state index in [9.17, 15) is 29.7 Å². The van der Waals surface area contributed by atoms with Crippen molar-refractivity contribution in [3.63, 3.8) is 0 Å². The maximum atomic E-state index is 12.5. The zero-order valence-electron chi connectivity index (χ0n) is 20.7. The first-order chi connectivity index (χ1) is 15.9. The number of carbonyl (C=O) groups is 3. The molecule has 194 valence electrons. The Morgan fingerprint density at radius 1 is 1.12 bits per heavy atom. The summed E-state index contributed by atoms with van der Waals surface area (Å²) >= 11 is 0. The Bertz CT molecular complexity index is 731. The van der Waals surface area contributed by atoms with Gasteiger partial charge in [-0.05, 0) is 31.6 Å². The molecule has 0 aromatic rings. The normalized spacial score (nSPS) is 20.8. The van der Waals surface area contributed by atoms with Gasteiger partial charge in [0.15, 0.2) is 6.10 Å². The van der Waals surface area contributed by atoms with Crippen molar-refractivity contribution in [2.24, 2.45) is 11.3 Å². The van der Waals surface area contributed by atoms with Gasteiger partial charge in [0.05, 0.1) is 12.5 Å². The highest BCUT2D eigenvalue weighted by Crippen LogP contribution is 2.19. The number of methoxy groups -OCH3 is 1. The number of amides is 2. The van der Waals surface area contributed by atoms with E-state index in [1.165, 1.54) is 20.1 Å². The van der Waals surface area contributed by atoms with Crippen LogP contribution in [0, 0.1) is 11.3 Å². The third-order valence-corrected chi connectivity index (χ3v) is 5.32. The number of esters is 1. The number of hydrogen-bond donors (Lipinski definition) is 5. The van der Waals surface area contributed by atoms with E-state index < -0.39 is 42.3 Å². The van der Waals surface area contributed by atoms with Gasteiger partial charge < -0.3 is 35.4 Å². The van der Waals surface area contributed by atoms with Gasteiger partial charge in [0.25, 0.3) is 5.91 Å². The number of rotatable bonds is 12. The SMILES string of the molecule is CO[C@@H](C(=O)N[C@@H](C)C(=O)NCCOC(=O)C1CC=CCC1)[C@H](O)[C@@H](O)[C@H](O)C=CC(C)(C)C. The molecular formula is C24H40N2O8. The van der Waals surface area contributed by atoms with E-state index in [0.29, 0.717) is 6.42 Å². The molecule has 34 heavy (non-hydrogen) atoms. The summed E-state index contributed by atoms with van der Waals surface area (Å²) in [6.45, 7) is 7.22. The summed E-state index contributed by atoms with van der Waals surface area (Å²) in [5.74, 6) is -1.81. The zero-order chi connectivity index (χ0) is 25.9. The maximum Gasteiger partial charge on any atom is 0.309 e. The van der Waals surface area contributed by atoms with Gasteiger partial charge in [-0.3, -0.25) is 14.4 Å². The number of ether oxygens (including phenoxy) is 2. The van der Waals surface area contributed by atoms with Gasteiger partial charge in [0.1, 0.15) is 31.0 Å². The van der Waals surface area contributed by atoms with E-state index >= 15 is 0 Å². The van der Waals surface area contributed by atoms with E-state index in [1.54, 1.807) is 6.08 Å². The van der Waals surface area contributed by atoms with Crippen LogP contribution in [0.15, 0.2) is 24.3 Å². The maximum absolute atomic E-state index is 12.5. The number of carbonyl (C=O) groups excluding carboxylic acids is 3. The largest absolute Gasteiger partial charge is 0.464 e. The number of aliphatic hydroxyl groups excluding tert-OH is 3. The Labute approximate surface area is 201 Å². The minimum atomic E-state index is -1.74. The van der Waals surface area contributed by atoms with Crippen LogP contribution in [-0.2, 0) is 23.9 Å². The molecule has 1 rings (SSSR count). The van der Waals surface area contributed by atoms with Gasteiger partial charge in [-0.1, -0.05) is 45.1 Å². The highest BCUT2D eigenvalue weighted by atomic mass is 16.5. The molecule has 1 unspecified atom stereocenters. The molecule has 0 fully saturated rings. The summed E-state index contributed by atoms with van der Waals surface area (Å²) < 4.78 is 10.2. The molecule has 0 saturated carbocycles. The van der Waals surface area contributed by atoms with Crippen molar-refractivity contribution in [1.82, 2.24) is 10.6 Å². The van der Waals surface area contributed by atoms with Crippen LogP contribution >= 0.6 is 0 Å². The molecule has 0 radical (unpaired) electrons. The fraction of sp³-hybridized carbons (Fsp3) is 0.708. The van der Waals surface area contributed by atoms with Crippen molar-refractivity contribution in [3.05, 3.63) is 24.3 Å². The smallest absolute Gasteiger partial charge is 0.309 e. The lowest BCUT2D eigenvalue weighted by atomic mass is 9.94. The van der Waals surface area contributed by atoms with Gasteiger partial charge in [-0.2, -0.15) is 0 Å². The molecule has 0 heterocycles. The topological polar surface area (TPSA) is 154 Å². The molecule has 1 aliphatic rings. The molecule has 5 N–H and O–H groups in total. The molecule has 0 bridgehead atoms. The minimum Gasteiger partial charge on any atom is -0.464 e. The van der Waals surface area contributed by atoms with Gasteiger partial charge in [-0.15, -0.1) is 0 Å². The Hall–Kier alpha value is -2.27. The first-order valence-electron chi connectivity index (χ1n) is 11.5. The lowest BCUT2D eigenvalue weighted by Crippen LogP contribution is -2.55. The summed E-state index contributed by atoms with van der Waals surface area (Å²) in [5, 5.41) is 35.6. The van der Waals surface area contributed by atoms with E-state index in [0.717, 1.165) is 12.8 Å². The Morgan fingerprint density at radius 3 is 2.35 bits per heavy atom. The number of aliphatic hydroxyl groups is 3. The lowest BCUT2D eigenvalue weighted by Gasteiger charge is -2.28. The second kappa shape index (κ2) is 14.2. The predicted molar refractivity (Wildman–Crippen MR) is 125 cm³/mol. The molecule has 10 nitrogen and oxygen atoms in total. The van der Waals surface area contributed by atoms with E-state index in [-0.39, 0.29) is 30.5 Å². The number of allylic oxidation sites excluding steroid dienone is 3. The molecule has 0 saturated heterocycles. The predicted octanol–water partition coefficient (Wildman–Crippen LogP) is 0.207. The van der Waals surface area contributed by atoms with E-state index in [2.05, 4.69) is 10.6 Å². The number of nitrogens with one attached hydrogen (secondary N) is 2. The van der Waals surface area contributed by atoms with Crippen molar-refractivity contribution < 1.29 is 39.2 Å². The van der Waals surface area contributed by atoms with E-state index in [4.69, 9.17) is 9.47 Å². The third-order valence-electron chi connectivity index (χ3n) is 5.32.